The van der Waals surface area contributed by atoms with E-state index in [1.165, 1.54) is 185 Å². The van der Waals surface area contributed by atoms with Crippen molar-refractivity contribution in [1.29, 1.82) is 0 Å². The fourth-order valence-corrected chi connectivity index (χ4v) is 5.70. The molecule has 0 radical (unpaired) electrons. The van der Waals surface area contributed by atoms with E-state index in [9.17, 15) is 14.7 Å². The van der Waals surface area contributed by atoms with Gasteiger partial charge in [-0.05, 0) is 31.8 Å². The minimum absolute atomic E-state index is 0.527. The van der Waals surface area contributed by atoms with Gasteiger partial charge in [0.1, 0.15) is 0 Å². The highest BCUT2D eigenvalue weighted by atomic mass is 17.2. The molecule has 0 saturated heterocycles. The molecule has 0 bridgehead atoms. The quantitative estimate of drug-likeness (QED) is 0.0186. The van der Waals surface area contributed by atoms with Crippen molar-refractivity contribution in [3.05, 3.63) is 48.3 Å². The van der Waals surface area contributed by atoms with E-state index in [4.69, 9.17) is 0 Å². The number of carbonyl (C=O) groups excluding carboxylic acids is 2. The van der Waals surface area contributed by atoms with Gasteiger partial charge in [0, 0.05) is 6.08 Å². The Kier molecular flexibility index (Phi) is 36.3. The van der Waals surface area contributed by atoms with E-state index < -0.39 is 17.7 Å². The number of carbonyl (C=O) groups is 2. The second kappa shape index (κ2) is 38.2. The van der Waals surface area contributed by atoms with Crippen molar-refractivity contribution < 1.29 is 24.5 Å². The zero-order valence-corrected chi connectivity index (χ0v) is 30.8. The van der Waals surface area contributed by atoms with Crippen molar-refractivity contribution in [1.82, 2.24) is 0 Å². The van der Waals surface area contributed by atoms with Crippen LogP contribution in [0.5, 0.6) is 0 Å². The fourth-order valence-electron chi connectivity index (χ4n) is 5.70. The highest BCUT2D eigenvalue weighted by Gasteiger charge is 2.12. The van der Waals surface area contributed by atoms with Crippen molar-refractivity contribution in [3.63, 3.8) is 0 Å². The molecule has 272 valence electrons. The lowest BCUT2D eigenvalue weighted by atomic mass is 10.0. The predicted octanol–water partition coefficient (Wildman–Crippen LogP) is 13.8. The SMILES string of the molecule is CCCCCCCCCCCCCCC/C=C/C=C/C=C/C(=O)OOC(=O)/C(O)=C/CCCCCCCCCCCCCCCCC. The summed E-state index contributed by atoms with van der Waals surface area (Å²) in [4.78, 5) is 32.5. The summed E-state index contributed by atoms with van der Waals surface area (Å²) in [5.74, 6) is -2.39. The molecular weight excluding hydrogens is 584 g/mol. The van der Waals surface area contributed by atoms with Gasteiger partial charge in [0.2, 0.25) is 5.76 Å². The molecule has 0 unspecified atom stereocenters. The van der Waals surface area contributed by atoms with Gasteiger partial charge in [-0.1, -0.05) is 211 Å². The summed E-state index contributed by atoms with van der Waals surface area (Å²) in [5.41, 5.74) is 0. The Labute approximate surface area is 290 Å². The van der Waals surface area contributed by atoms with Crippen LogP contribution >= 0.6 is 0 Å². The molecule has 0 aliphatic rings. The van der Waals surface area contributed by atoms with Crippen LogP contribution in [0.2, 0.25) is 0 Å². The minimum atomic E-state index is -1.06. The standard InChI is InChI=1S/C42H74O5/c1-3-5-7-9-11-13-15-17-19-21-22-23-25-27-29-31-33-35-37-39-41(44)46-47-42(45)40(43)38-36-34-32-30-28-26-24-20-18-16-14-12-10-8-6-4-2/h29,31,33,35,37-39,43H,3-28,30,32,34,36H2,1-2H3/b31-29+,35-33+,39-37+,40-38-. The molecule has 0 aromatic heterocycles. The largest absolute Gasteiger partial charge is 0.502 e. The maximum absolute atomic E-state index is 11.8. The Hall–Kier alpha value is -2.30. The molecule has 0 rings (SSSR count). The van der Waals surface area contributed by atoms with Crippen LogP contribution < -0.4 is 0 Å². The van der Waals surface area contributed by atoms with E-state index in [1.807, 2.05) is 12.2 Å². The third kappa shape index (κ3) is 36.4. The number of hydrogen-bond donors (Lipinski definition) is 1. The van der Waals surface area contributed by atoms with Gasteiger partial charge in [0.15, 0.2) is 0 Å². The maximum atomic E-state index is 11.8. The van der Waals surface area contributed by atoms with Crippen LogP contribution in [-0.2, 0) is 19.4 Å². The Bertz CT molecular complexity index is 810. The molecule has 0 aromatic carbocycles. The summed E-state index contributed by atoms with van der Waals surface area (Å²) in [7, 11) is 0. The van der Waals surface area contributed by atoms with E-state index in [1.54, 1.807) is 6.08 Å². The van der Waals surface area contributed by atoms with Gasteiger partial charge in [0.25, 0.3) is 0 Å². The van der Waals surface area contributed by atoms with Gasteiger partial charge < -0.3 is 5.11 Å². The van der Waals surface area contributed by atoms with Crippen molar-refractivity contribution in [2.45, 2.75) is 206 Å². The smallest absolute Gasteiger partial charge is 0.419 e. The van der Waals surface area contributed by atoms with Crippen LogP contribution in [-0.4, -0.2) is 17.0 Å². The van der Waals surface area contributed by atoms with Gasteiger partial charge in [-0.15, -0.1) is 0 Å². The number of aliphatic hydroxyl groups excluding tert-OH is 1. The van der Waals surface area contributed by atoms with Crippen LogP contribution in [0.4, 0.5) is 0 Å². The van der Waals surface area contributed by atoms with Crippen LogP contribution in [0.3, 0.4) is 0 Å². The van der Waals surface area contributed by atoms with Crippen molar-refractivity contribution in [2.24, 2.45) is 0 Å². The summed E-state index contributed by atoms with van der Waals surface area (Å²) in [6.45, 7) is 4.54. The van der Waals surface area contributed by atoms with Crippen LogP contribution in [0.1, 0.15) is 206 Å². The lowest BCUT2D eigenvalue weighted by Gasteiger charge is -2.03. The van der Waals surface area contributed by atoms with Gasteiger partial charge in [-0.2, -0.15) is 0 Å². The Morgan fingerprint density at radius 2 is 0.809 bits per heavy atom. The van der Waals surface area contributed by atoms with E-state index in [2.05, 4.69) is 29.7 Å². The summed E-state index contributed by atoms with van der Waals surface area (Å²) < 4.78 is 0. The summed E-state index contributed by atoms with van der Waals surface area (Å²) in [6, 6.07) is 0. The third-order valence-corrected chi connectivity index (χ3v) is 8.73. The molecule has 0 heterocycles. The second-order valence-corrected chi connectivity index (χ2v) is 13.3. The van der Waals surface area contributed by atoms with E-state index in [0.717, 1.165) is 19.3 Å². The molecule has 0 atom stereocenters. The molecule has 0 aliphatic heterocycles. The predicted molar refractivity (Wildman–Crippen MR) is 200 cm³/mol. The zero-order chi connectivity index (χ0) is 34.3. The number of aliphatic hydroxyl groups is 1. The first-order valence-electron chi connectivity index (χ1n) is 19.9. The minimum Gasteiger partial charge on any atom is -0.502 e. The van der Waals surface area contributed by atoms with Crippen LogP contribution in [0, 0.1) is 0 Å². The molecule has 5 heteroatoms. The van der Waals surface area contributed by atoms with Gasteiger partial charge in [-0.3, -0.25) is 0 Å². The highest BCUT2D eigenvalue weighted by molar-refractivity contribution is 5.87. The van der Waals surface area contributed by atoms with Crippen LogP contribution in [0.25, 0.3) is 0 Å². The first-order chi connectivity index (χ1) is 23.1. The van der Waals surface area contributed by atoms with Crippen molar-refractivity contribution in [2.75, 3.05) is 0 Å². The van der Waals surface area contributed by atoms with Crippen LogP contribution in [0.15, 0.2) is 48.3 Å². The Balaban J connectivity index is 3.62. The molecule has 47 heavy (non-hydrogen) atoms. The van der Waals surface area contributed by atoms with E-state index >= 15 is 0 Å². The molecule has 1 N–H and O–H groups in total. The fraction of sp³-hybridized carbons (Fsp3) is 0.762. The molecule has 0 spiro atoms. The number of rotatable bonds is 34. The zero-order valence-electron chi connectivity index (χ0n) is 30.8. The Morgan fingerprint density at radius 3 is 1.23 bits per heavy atom. The molecule has 5 nitrogen and oxygen atoms in total. The van der Waals surface area contributed by atoms with E-state index in [0.29, 0.717) is 6.42 Å². The molecule has 0 fully saturated rings. The highest BCUT2D eigenvalue weighted by Crippen LogP contribution is 2.15. The van der Waals surface area contributed by atoms with E-state index in [-0.39, 0.29) is 0 Å². The van der Waals surface area contributed by atoms with Gasteiger partial charge in [-0.25, -0.2) is 19.4 Å². The summed E-state index contributed by atoms with van der Waals surface area (Å²) >= 11 is 0. The summed E-state index contributed by atoms with van der Waals surface area (Å²) in [6.07, 6.45) is 50.5. The third-order valence-electron chi connectivity index (χ3n) is 8.73. The topological polar surface area (TPSA) is 72.8 Å². The molecular formula is C42H74O5. The van der Waals surface area contributed by atoms with Crippen molar-refractivity contribution >= 4 is 11.9 Å². The molecule has 0 amide bonds. The average Bonchev–Trinajstić information content (AvgIpc) is 3.07. The van der Waals surface area contributed by atoms with Gasteiger partial charge >= 0.3 is 11.9 Å². The second-order valence-electron chi connectivity index (χ2n) is 13.3. The first-order valence-corrected chi connectivity index (χ1v) is 19.9. The number of hydrogen-bond acceptors (Lipinski definition) is 5. The number of unbranched alkanes of at least 4 members (excludes halogenated alkanes) is 28. The molecule has 0 aliphatic carbocycles. The maximum Gasteiger partial charge on any atom is 0.419 e. The monoisotopic (exact) mass is 659 g/mol. The number of allylic oxidation sites excluding steroid dienone is 6. The Morgan fingerprint density at radius 1 is 0.447 bits per heavy atom. The van der Waals surface area contributed by atoms with Crippen molar-refractivity contribution in [3.8, 4) is 0 Å². The normalized spacial score (nSPS) is 12.2. The summed E-state index contributed by atoms with van der Waals surface area (Å²) in [5, 5.41) is 9.85. The van der Waals surface area contributed by atoms with Gasteiger partial charge in [0.05, 0.1) is 0 Å². The average molecular weight is 659 g/mol. The lowest BCUT2D eigenvalue weighted by molar-refractivity contribution is -0.253. The lowest BCUT2D eigenvalue weighted by Crippen LogP contribution is -2.11. The molecule has 0 aromatic rings. The molecule has 0 saturated carbocycles. The first kappa shape index (κ1) is 44.7.